The van der Waals surface area contributed by atoms with Crippen LogP contribution in [0.3, 0.4) is 0 Å². The minimum atomic E-state index is 0. The van der Waals surface area contributed by atoms with Crippen molar-refractivity contribution < 1.29 is 9.47 Å². The van der Waals surface area contributed by atoms with Gasteiger partial charge < -0.3 is 20.1 Å². The number of guanidine groups is 1. The second-order valence-corrected chi connectivity index (χ2v) is 7.10. The van der Waals surface area contributed by atoms with Crippen molar-refractivity contribution in [1.29, 1.82) is 0 Å². The summed E-state index contributed by atoms with van der Waals surface area (Å²) in [6, 6.07) is 0. The predicted octanol–water partition coefficient (Wildman–Crippen LogP) is 3.43. The van der Waals surface area contributed by atoms with Gasteiger partial charge >= 0.3 is 0 Å². The van der Waals surface area contributed by atoms with E-state index in [-0.39, 0.29) is 24.0 Å². The van der Waals surface area contributed by atoms with Crippen molar-refractivity contribution >= 4 is 29.9 Å². The molecule has 24 heavy (non-hydrogen) atoms. The third-order valence-corrected chi connectivity index (χ3v) is 4.73. The summed E-state index contributed by atoms with van der Waals surface area (Å²) in [4.78, 5) is 4.31. The van der Waals surface area contributed by atoms with Gasteiger partial charge in [-0.05, 0) is 37.0 Å². The number of nitrogens with zero attached hydrogens (tertiary/aromatic N) is 1. The number of methoxy groups -OCH3 is 1. The fourth-order valence-corrected chi connectivity index (χ4v) is 3.11. The van der Waals surface area contributed by atoms with Crippen LogP contribution >= 0.6 is 24.0 Å². The third kappa shape index (κ3) is 10.0. The van der Waals surface area contributed by atoms with E-state index < -0.39 is 0 Å². The molecule has 1 aliphatic carbocycles. The van der Waals surface area contributed by atoms with E-state index in [1.807, 2.05) is 7.05 Å². The molecule has 1 aliphatic rings. The van der Waals surface area contributed by atoms with Crippen molar-refractivity contribution in [1.82, 2.24) is 10.6 Å². The van der Waals surface area contributed by atoms with Crippen molar-refractivity contribution in [3.63, 3.8) is 0 Å². The lowest BCUT2D eigenvalue weighted by Gasteiger charge is -2.29. The highest BCUT2D eigenvalue weighted by Crippen LogP contribution is 2.40. The molecule has 0 unspecified atom stereocenters. The zero-order valence-corrected chi connectivity index (χ0v) is 18.4. The number of ether oxygens (including phenoxy) is 2. The van der Waals surface area contributed by atoms with E-state index >= 15 is 0 Å². The highest BCUT2D eigenvalue weighted by molar-refractivity contribution is 14.0. The summed E-state index contributed by atoms with van der Waals surface area (Å²) < 4.78 is 10.9. The average Bonchev–Trinajstić information content (AvgIpc) is 3.00. The molecule has 6 heteroatoms. The summed E-state index contributed by atoms with van der Waals surface area (Å²) in [7, 11) is 3.61. The first kappa shape index (κ1) is 23.9. The van der Waals surface area contributed by atoms with Crippen LogP contribution in [0.15, 0.2) is 4.99 Å². The first-order chi connectivity index (χ1) is 11.1. The molecular weight excluding hydrogens is 417 g/mol. The van der Waals surface area contributed by atoms with Crippen LogP contribution in [0.5, 0.6) is 0 Å². The van der Waals surface area contributed by atoms with Crippen LogP contribution in [-0.4, -0.2) is 53.0 Å². The normalized spacial score (nSPS) is 17.0. The van der Waals surface area contributed by atoms with Gasteiger partial charge in [0.05, 0.1) is 6.61 Å². The van der Waals surface area contributed by atoms with Crippen LogP contribution in [0.25, 0.3) is 0 Å². The molecule has 1 rings (SSSR count). The van der Waals surface area contributed by atoms with E-state index in [4.69, 9.17) is 9.47 Å². The Morgan fingerprint density at radius 2 is 1.83 bits per heavy atom. The topological polar surface area (TPSA) is 54.9 Å². The SMILES string of the molecule is CN=C(NCCOCCC(C)C)NCC1(CCOC)CCCC1.I. The first-order valence-corrected chi connectivity index (χ1v) is 9.13. The van der Waals surface area contributed by atoms with Crippen LogP contribution in [0.1, 0.15) is 52.4 Å². The Kier molecular flexibility index (Phi) is 14.1. The zero-order valence-electron chi connectivity index (χ0n) is 16.0. The van der Waals surface area contributed by atoms with Gasteiger partial charge in [-0.1, -0.05) is 26.7 Å². The van der Waals surface area contributed by atoms with Crippen LogP contribution in [-0.2, 0) is 9.47 Å². The van der Waals surface area contributed by atoms with Gasteiger partial charge in [0.2, 0.25) is 0 Å². The summed E-state index contributed by atoms with van der Waals surface area (Å²) in [5, 5.41) is 6.84. The molecule has 0 radical (unpaired) electrons. The lowest BCUT2D eigenvalue weighted by molar-refractivity contribution is 0.127. The molecule has 0 aromatic carbocycles. The van der Waals surface area contributed by atoms with Crippen molar-refractivity contribution in [2.75, 3.05) is 47.1 Å². The molecule has 2 N–H and O–H groups in total. The second-order valence-electron chi connectivity index (χ2n) is 7.10. The van der Waals surface area contributed by atoms with Crippen molar-refractivity contribution in [2.45, 2.75) is 52.4 Å². The van der Waals surface area contributed by atoms with E-state index in [0.29, 0.717) is 11.3 Å². The lowest BCUT2D eigenvalue weighted by atomic mass is 9.83. The Balaban J connectivity index is 0.00000529. The lowest BCUT2D eigenvalue weighted by Crippen LogP contribution is -2.44. The van der Waals surface area contributed by atoms with Gasteiger partial charge in [0.15, 0.2) is 5.96 Å². The van der Waals surface area contributed by atoms with Gasteiger partial charge in [-0.3, -0.25) is 4.99 Å². The Hall–Kier alpha value is -0.0800. The molecule has 0 bridgehead atoms. The molecule has 0 spiro atoms. The van der Waals surface area contributed by atoms with E-state index in [9.17, 15) is 0 Å². The van der Waals surface area contributed by atoms with Crippen LogP contribution in [0.2, 0.25) is 0 Å². The molecule has 0 atom stereocenters. The van der Waals surface area contributed by atoms with Gasteiger partial charge in [-0.2, -0.15) is 0 Å². The number of aliphatic imine (C=N–C) groups is 1. The minimum absolute atomic E-state index is 0. The average molecular weight is 455 g/mol. The van der Waals surface area contributed by atoms with Gasteiger partial charge in [0, 0.05) is 40.5 Å². The van der Waals surface area contributed by atoms with E-state index in [2.05, 4.69) is 29.5 Å². The van der Waals surface area contributed by atoms with E-state index in [1.165, 1.54) is 25.7 Å². The number of halogens is 1. The van der Waals surface area contributed by atoms with Crippen molar-refractivity contribution in [2.24, 2.45) is 16.3 Å². The van der Waals surface area contributed by atoms with Crippen molar-refractivity contribution in [3.05, 3.63) is 0 Å². The maximum atomic E-state index is 5.63. The fraction of sp³-hybridized carbons (Fsp3) is 0.944. The maximum Gasteiger partial charge on any atom is 0.191 e. The highest BCUT2D eigenvalue weighted by Gasteiger charge is 2.33. The summed E-state index contributed by atoms with van der Waals surface area (Å²) in [5.41, 5.74) is 0.376. The molecule has 0 aliphatic heterocycles. The summed E-state index contributed by atoms with van der Waals surface area (Å²) in [5.74, 6) is 1.58. The second kappa shape index (κ2) is 14.1. The molecule has 0 saturated heterocycles. The molecule has 0 heterocycles. The highest BCUT2D eigenvalue weighted by atomic mass is 127. The Labute approximate surface area is 165 Å². The number of nitrogens with one attached hydrogen (secondary N) is 2. The Morgan fingerprint density at radius 3 is 2.42 bits per heavy atom. The monoisotopic (exact) mass is 455 g/mol. The molecule has 0 aromatic heterocycles. The largest absolute Gasteiger partial charge is 0.385 e. The quantitative estimate of drug-likeness (QED) is 0.217. The maximum absolute atomic E-state index is 5.63. The molecule has 0 amide bonds. The van der Waals surface area contributed by atoms with E-state index in [1.54, 1.807) is 7.11 Å². The van der Waals surface area contributed by atoms with Crippen LogP contribution in [0, 0.1) is 11.3 Å². The minimum Gasteiger partial charge on any atom is -0.385 e. The summed E-state index contributed by atoms with van der Waals surface area (Å²) >= 11 is 0. The van der Waals surface area contributed by atoms with Crippen LogP contribution < -0.4 is 10.6 Å². The molecule has 144 valence electrons. The fourth-order valence-electron chi connectivity index (χ4n) is 3.11. The van der Waals surface area contributed by atoms with Gasteiger partial charge in [-0.15, -0.1) is 24.0 Å². The van der Waals surface area contributed by atoms with Gasteiger partial charge in [0.1, 0.15) is 0 Å². The standard InChI is InChI=1S/C18H37N3O2.HI/c1-16(2)7-12-23-14-11-20-17(19-3)21-15-18(10-13-22-4)8-5-6-9-18;/h16H,5-15H2,1-4H3,(H2,19,20,21);1H. The third-order valence-electron chi connectivity index (χ3n) is 4.73. The molecular formula is C18H38IN3O2. The molecule has 1 fully saturated rings. The summed E-state index contributed by atoms with van der Waals surface area (Å²) in [6.45, 7) is 8.61. The zero-order chi connectivity index (χ0) is 17.0. The smallest absolute Gasteiger partial charge is 0.191 e. The molecule has 1 saturated carbocycles. The van der Waals surface area contributed by atoms with Gasteiger partial charge in [-0.25, -0.2) is 0 Å². The van der Waals surface area contributed by atoms with E-state index in [0.717, 1.165) is 51.7 Å². The number of rotatable bonds is 11. The first-order valence-electron chi connectivity index (χ1n) is 9.13. The van der Waals surface area contributed by atoms with Gasteiger partial charge in [0.25, 0.3) is 0 Å². The summed E-state index contributed by atoms with van der Waals surface area (Å²) in [6.07, 6.45) is 7.50. The Bertz CT molecular complexity index is 332. The Morgan fingerprint density at radius 1 is 1.12 bits per heavy atom. The van der Waals surface area contributed by atoms with Crippen molar-refractivity contribution in [3.8, 4) is 0 Å². The molecule has 0 aromatic rings. The molecule has 5 nitrogen and oxygen atoms in total. The number of hydrogen-bond donors (Lipinski definition) is 2. The number of hydrogen-bond acceptors (Lipinski definition) is 3. The van der Waals surface area contributed by atoms with Crippen LogP contribution in [0.4, 0.5) is 0 Å². The predicted molar refractivity (Wildman–Crippen MR) is 112 cm³/mol.